The second-order valence-electron chi connectivity index (χ2n) is 5.04. The first-order chi connectivity index (χ1) is 8.15. The normalized spacial score (nSPS) is 21.5. The summed E-state index contributed by atoms with van der Waals surface area (Å²) < 4.78 is 1.17. The second-order valence-corrected chi connectivity index (χ2v) is 5.89. The van der Waals surface area contributed by atoms with Gasteiger partial charge >= 0.3 is 0 Å². The number of hydrogen-bond donors (Lipinski definition) is 2. The maximum Gasteiger partial charge on any atom is 0.0353 e. The quantitative estimate of drug-likeness (QED) is 0.885. The molecular weight excluding hydrogens is 276 g/mol. The Morgan fingerprint density at radius 3 is 3.00 bits per heavy atom. The first-order valence-corrected chi connectivity index (χ1v) is 7.20. The van der Waals surface area contributed by atoms with Crippen LogP contribution in [0, 0.1) is 6.92 Å². The van der Waals surface area contributed by atoms with Crippen molar-refractivity contribution in [2.24, 2.45) is 0 Å². The lowest BCUT2D eigenvalue weighted by molar-refractivity contribution is 0.523. The van der Waals surface area contributed by atoms with Crippen molar-refractivity contribution in [2.45, 2.75) is 45.2 Å². The van der Waals surface area contributed by atoms with Crippen molar-refractivity contribution in [3.05, 3.63) is 28.2 Å². The van der Waals surface area contributed by atoms with Gasteiger partial charge in [-0.25, -0.2) is 0 Å². The highest BCUT2D eigenvalue weighted by Crippen LogP contribution is 2.22. The van der Waals surface area contributed by atoms with Crippen LogP contribution in [0.25, 0.3) is 0 Å². The number of aryl methyl sites for hydroxylation is 1. The van der Waals surface area contributed by atoms with Gasteiger partial charge in [-0.05, 0) is 57.4 Å². The van der Waals surface area contributed by atoms with E-state index in [1.807, 2.05) is 0 Å². The average molecular weight is 297 g/mol. The highest BCUT2D eigenvalue weighted by Gasteiger charge is 2.16. The van der Waals surface area contributed by atoms with Gasteiger partial charge in [-0.2, -0.15) is 0 Å². The number of halogens is 1. The third-order valence-corrected chi connectivity index (χ3v) is 4.24. The minimum atomic E-state index is 0.514. The van der Waals surface area contributed by atoms with Gasteiger partial charge in [0.25, 0.3) is 0 Å². The lowest BCUT2D eigenvalue weighted by Gasteiger charge is -2.19. The molecule has 0 spiro atoms. The lowest BCUT2D eigenvalue weighted by Crippen LogP contribution is -2.29. The van der Waals surface area contributed by atoms with Crippen molar-refractivity contribution >= 4 is 21.6 Å². The van der Waals surface area contributed by atoms with Crippen molar-refractivity contribution in [3.8, 4) is 0 Å². The van der Waals surface area contributed by atoms with Crippen LogP contribution >= 0.6 is 15.9 Å². The molecule has 0 aliphatic carbocycles. The van der Waals surface area contributed by atoms with Crippen molar-refractivity contribution < 1.29 is 0 Å². The third-order valence-electron chi connectivity index (χ3n) is 3.39. The van der Waals surface area contributed by atoms with Crippen LogP contribution in [0.5, 0.6) is 0 Å². The molecule has 2 rings (SSSR count). The van der Waals surface area contributed by atoms with E-state index in [0.29, 0.717) is 12.1 Å². The molecule has 2 nitrogen and oxygen atoms in total. The van der Waals surface area contributed by atoms with E-state index in [9.17, 15) is 0 Å². The molecule has 2 unspecified atom stereocenters. The van der Waals surface area contributed by atoms with E-state index < -0.39 is 0 Å². The monoisotopic (exact) mass is 296 g/mol. The Kier molecular flexibility index (Phi) is 4.46. The Morgan fingerprint density at radius 1 is 1.53 bits per heavy atom. The first kappa shape index (κ1) is 12.9. The van der Waals surface area contributed by atoms with Gasteiger partial charge in [0.2, 0.25) is 0 Å². The summed E-state index contributed by atoms with van der Waals surface area (Å²) in [5.41, 5.74) is 2.48. The Balaban J connectivity index is 1.88. The van der Waals surface area contributed by atoms with Crippen LogP contribution in [0.3, 0.4) is 0 Å². The van der Waals surface area contributed by atoms with Crippen LogP contribution in [0.4, 0.5) is 5.69 Å². The Morgan fingerprint density at radius 2 is 2.35 bits per heavy atom. The van der Waals surface area contributed by atoms with E-state index in [4.69, 9.17) is 0 Å². The largest absolute Gasteiger partial charge is 0.383 e. The zero-order valence-electron chi connectivity index (χ0n) is 10.6. The summed E-state index contributed by atoms with van der Waals surface area (Å²) in [6, 6.07) is 7.67. The van der Waals surface area contributed by atoms with Crippen molar-refractivity contribution in [1.82, 2.24) is 5.32 Å². The van der Waals surface area contributed by atoms with Gasteiger partial charge in [-0.15, -0.1) is 0 Å². The number of hydrogen-bond acceptors (Lipinski definition) is 2. The number of benzene rings is 1. The Hall–Kier alpha value is -0.540. The van der Waals surface area contributed by atoms with Gasteiger partial charge < -0.3 is 10.6 Å². The van der Waals surface area contributed by atoms with Crippen LogP contribution in [-0.2, 0) is 0 Å². The van der Waals surface area contributed by atoms with E-state index in [-0.39, 0.29) is 0 Å². The van der Waals surface area contributed by atoms with Crippen molar-refractivity contribution in [1.29, 1.82) is 0 Å². The first-order valence-electron chi connectivity index (χ1n) is 6.41. The highest BCUT2D eigenvalue weighted by atomic mass is 79.9. The minimum Gasteiger partial charge on any atom is -0.383 e. The van der Waals surface area contributed by atoms with Crippen LogP contribution < -0.4 is 10.6 Å². The molecule has 0 aromatic heterocycles. The molecular formula is C14H21BrN2. The smallest absolute Gasteiger partial charge is 0.0353 e. The molecule has 1 aliphatic heterocycles. The highest BCUT2D eigenvalue weighted by molar-refractivity contribution is 9.10. The predicted molar refractivity (Wildman–Crippen MR) is 77.6 cm³/mol. The summed E-state index contributed by atoms with van der Waals surface area (Å²) >= 11 is 3.57. The maximum atomic E-state index is 3.57. The molecule has 1 fully saturated rings. The number of nitrogens with one attached hydrogen (secondary N) is 2. The number of rotatable bonds is 4. The summed E-state index contributed by atoms with van der Waals surface area (Å²) in [6.45, 7) is 5.56. The summed E-state index contributed by atoms with van der Waals surface area (Å²) in [7, 11) is 0. The molecule has 0 amide bonds. The third kappa shape index (κ3) is 3.71. The van der Waals surface area contributed by atoms with Crippen molar-refractivity contribution in [2.75, 3.05) is 11.9 Å². The van der Waals surface area contributed by atoms with Crippen molar-refractivity contribution in [3.63, 3.8) is 0 Å². The molecule has 17 heavy (non-hydrogen) atoms. The zero-order chi connectivity index (χ0) is 12.3. The molecule has 3 heteroatoms. The van der Waals surface area contributed by atoms with E-state index in [1.54, 1.807) is 0 Å². The molecule has 2 N–H and O–H groups in total. The molecule has 2 atom stereocenters. The van der Waals surface area contributed by atoms with Gasteiger partial charge in [0.1, 0.15) is 0 Å². The molecule has 1 aromatic carbocycles. The molecule has 1 aliphatic rings. The van der Waals surface area contributed by atoms with E-state index >= 15 is 0 Å². The van der Waals surface area contributed by atoms with E-state index in [0.717, 1.165) is 0 Å². The lowest BCUT2D eigenvalue weighted by atomic mass is 10.1. The Bertz CT molecular complexity index is 372. The van der Waals surface area contributed by atoms with Crippen LogP contribution in [0.15, 0.2) is 22.7 Å². The molecule has 1 heterocycles. The standard InChI is InChI=1S/C14H21BrN2/c1-10-5-6-13(9-14(10)15)17-11(2)8-12-4-3-7-16-12/h5-6,9,11-12,16-17H,3-4,7-8H2,1-2H3. The van der Waals surface area contributed by atoms with Gasteiger partial charge in [0.15, 0.2) is 0 Å². The topological polar surface area (TPSA) is 24.1 Å². The fourth-order valence-electron chi connectivity index (χ4n) is 2.41. The second kappa shape index (κ2) is 5.87. The summed E-state index contributed by atoms with van der Waals surface area (Å²) in [5, 5.41) is 7.11. The average Bonchev–Trinajstić information content (AvgIpc) is 2.76. The molecule has 1 saturated heterocycles. The summed E-state index contributed by atoms with van der Waals surface area (Å²) in [5.74, 6) is 0. The SMILES string of the molecule is Cc1ccc(NC(C)CC2CCCN2)cc1Br. The summed E-state index contributed by atoms with van der Waals surface area (Å²) in [6.07, 6.45) is 3.85. The fourth-order valence-corrected chi connectivity index (χ4v) is 2.79. The minimum absolute atomic E-state index is 0.514. The molecule has 1 aromatic rings. The van der Waals surface area contributed by atoms with E-state index in [1.165, 1.54) is 41.5 Å². The molecule has 94 valence electrons. The number of anilines is 1. The zero-order valence-corrected chi connectivity index (χ0v) is 12.2. The fraction of sp³-hybridized carbons (Fsp3) is 0.571. The molecule has 0 saturated carbocycles. The molecule has 0 radical (unpaired) electrons. The van der Waals surface area contributed by atoms with Gasteiger partial charge in [-0.1, -0.05) is 22.0 Å². The Labute approximate surface area is 112 Å². The van der Waals surface area contributed by atoms with Gasteiger partial charge in [-0.3, -0.25) is 0 Å². The maximum absolute atomic E-state index is 3.57. The van der Waals surface area contributed by atoms with Gasteiger partial charge in [0.05, 0.1) is 0 Å². The van der Waals surface area contributed by atoms with Crippen LogP contribution in [-0.4, -0.2) is 18.6 Å². The van der Waals surface area contributed by atoms with Crippen LogP contribution in [0.1, 0.15) is 31.7 Å². The summed E-state index contributed by atoms with van der Waals surface area (Å²) in [4.78, 5) is 0. The molecule has 0 bridgehead atoms. The van der Waals surface area contributed by atoms with Gasteiger partial charge in [0, 0.05) is 22.2 Å². The predicted octanol–water partition coefficient (Wildman–Crippen LogP) is 3.70. The van der Waals surface area contributed by atoms with Crippen LogP contribution in [0.2, 0.25) is 0 Å². The van der Waals surface area contributed by atoms with E-state index in [2.05, 4.69) is 58.6 Å².